The van der Waals surface area contributed by atoms with Crippen molar-refractivity contribution in [1.29, 1.82) is 0 Å². The predicted octanol–water partition coefficient (Wildman–Crippen LogP) is 4.18. The molecule has 0 aliphatic heterocycles. The van der Waals surface area contributed by atoms with Crippen LogP contribution >= 0.6 is 0 Å². The number of amides is 1. The van der Waals surface area contributed by atoms with Gasteiger partial charge in [-0.05, 0) is 68.7 Å². The number of hydrogen-bond acceptors (Lipinski definition) is 6. The van der Waals surface area contributed by atoms with Gasteiger partial charge >= 0.3 is 17.7 Å². The van der Waals surface area contributed by atoms with Crippen LogP contribution in [0.4, 0.5) is 10.5 Å². The minimum Gasteiger partial charge on any atom is -0.466 e. The number of aryl methyl sites for hydroxylation is 1. The molecule has 30 heavy (non-hydrogen) atoms. The highest BCUT2D eigenvalue weighted by molar-refractivity contribution is 5.90. The van der Waals surface area contributed by atoms with E-state index in [9.17, 15) is 14.4 Å². The molecule has 1 heterocycles. The Morgan fingerprint density at radius 2 is 2.03 bits per heavy atom. The summed E-state index contributed by atoms with van der Waals surface area (Å²) in [5, 5.41) is 3.50. The summed E-state index contributed by atoms with van der Waals surface area (Å²) in [4.78, 5) is 36.0. The molecule has 0 bridgehead atoms. The molecule has 1 N–H and O–H groups in total. The van der Waals surface area contributed by atoms with Gasteiger partial charge < -0.3 is 13.9 Å². The molecule has 7 nitrogen and oxygen atoms in total. The predicted molar refractivity (Wildman–Crippen MR) is 111 cm³/mol. The molecular weight excluding hydrogens is 386 g/mol. The molecule has 2 aromatic rings. The zero-order valence-corrected chi connectivity index (χ0v) is 17.1. The first-order valence-electron chi connectivity index (χ1n) is 10.3. The number of fused-ring (bicyclic) bond motifs is 2. The minimum absolute atomic E-state index is 0.0297. The van der Waals surface area contributed by atoms with Crippen LogP contribution < -0.4 is 10.9 Å². The third kappa shape index (κ3) is 4.25. The van der Waals surface area contributed by atoms with E-state index >= 15 is 0 Å². The largest absolute Gasteiger partial charge is 0.466 e. The van der Waals surface area contributed by atoms with E-state index < -0.39 is 11.7 Å². The van der Waals surface area contributed by atoms with Crippen molar-refractivity contribution in [1.82, 2.24) is 0 Å². The fourth-order valence-corrected chi connectivity index (χ4v) is 4.37. The van der Waals surface area contributed by atoms with Crippen molar-refractivity contribution in [3.63, 3.8) is 0 Å². The summed E-state index contributed by atoms with van der Waals surface area (Å²) in [6.45, 7) is 4.04. The van der Waals surface area contributed by atoms with Crippen molar-refractivity contribution in [2.45, 2.75) is 39.2 Å². The highest BCUT2D eigenvalue weighted by Crippen LogP contribution is 2.53. The van der Waals surface area contributed by atoms with Gasteiger partial charge in [-0.2, -0.15) is 0 Å². The second-order valence-electron chi connectivity index (χ2n) is 7.87. The number of allylic oxidation sites excluding steroid dienone is 1. The zero-order valence-electron chi connectivity index (χ0n) is 17.1. The minimum atomic E-state index is -0.575. The number of hydrogen-bond donors (Lipinski definition) is 1. The van der Waals surface area contributed by atoms with Crippen LogP contribution in [-0.4, -0.2) is 24.8 Å². The second kappa shape index (κ2) is 8.34. The third-order valence-corrected chi connectivity index (χ3v) is 5.89. The maximum Gasteiger partial charge on any atom is 0.412 e. The Morgan fingerprint density at radius 1 is 1.20 bits per heavy atom. The summed E-state index contributed by atoms with van der Waals surface area (Å²) >= 11 is 0. The Morgan fingerprint density at radius 3 is 2.83 bits per heavy atom. The van der Waals surface area contributed by atoms with Crippen molar-refractivity contribution in [2.75, 3.05) is 11.9 Å². The summed E-state index contributed by atoms with van der Waals surface area (Å²) < 4.78 is 15.9. The van der Waals surface area contributed by atoms with Gasteiger partial charge in [0, 0.05) is 23.2 Å². The smallest absolute Gasteiger partial charge is 0.412 e. The normalized spacial score (nSPS) is 26.1. The number of nitrogens with one attached hydrogen (secondary N) is 1. The van der Waals surface area contributed by atoms with Gasteiger partial charge in [0.2, 0.25) is 0 Å². The van der Waals surface area contributed by atoms with Gasteiger partial charge in [-0.15, -0.1) is 0 Å². The average molecular weight is 411 g/mol. The summed E-state index contributed by atoms with van der Waals surface area (Å²) in [5.41, 5.74) is 1.28. The highest BCUT2D eigenvalue weighted by atomic mass is 16.6. The van der Waals surface area contributed by atoms with Crippen LogP contribution in [0.1, 0.15) is 31.7 Å². The van der Waals surface area contributed by atoms with Crippen LogP contribution in [0, 0.1) is 24.7 Å². The van der Waals surface area contributed by atoms with Gasteiger partial charge in [-0.3, -0.25) is 10.1 Å². The summed E-state index contributed by atoms with van der Waals surface area (Å²) in [6.07, 6.45) is 5.21. The van der Waals surface area contributed by atoms with E-state index in [1.807, 2.05) is 26.0 Å². The quantitative estimate of drug-likeness (QED) is 0.461. The van der Waals surface area contributed by atoms with Gasteiger partial charge in [0.05, 0.1) is 12.5 Å². The Labute approximate surface area is 174 Å². The van der Waals surface area contributed by atoms with E-state index in [0.717, 1.165) is 23.8 Å². The fraction of sp³-hybridized carbons (Fsp3) is 0.435. The van der Waals surface area contributed by atoms with Crippen molar-refractivity contribution >= 4 is 28.7 Å². The number of esters is 1. The van der Waals surface area contributed by atoms with Crippen LogP contribution in [-0.2, 0) is 14.3 Å². The monoisotopic (exact) mass is 411 g/mol. The average Bonchev–Trinajstić information content (AvgIpc) is 3.35. The maximum atomic E-state index is 12.4. The van der Waals surface area contributed by atoms with E-state index in [1.54, 1.807) is 18.2 Å². The van der Waals surface area contributed by atoms with Crippen LogP contribution in [0.3, 0.4) is 0 Å². The number of benzene rings is 1. The molecule has 4 atom stereocenters. The zero-order chi connectivity index (χ0) is 21.3. The Hall–Kier alpha value is -3.09. The molecule has 0 saturated heterocycles. The van der Waals surface area contributed by atoms with Crippen molar-refractivity contribution in [3.8, 4) is 0 Å². The van der Waals surface area contributed by atoms with Crippen molar-refractivity contribution in [3.05, 3.63) is 52.4 Å². The first-order valence-corrected chi connectivity index (χ1v) is 10.3. The van der Waals surface area contributed by atoms with Gasteiger partial charge in [-0.25, -0.2) is 9.59 Å². The van der Waals surface area contributed by atoms with E-state index in [1.165, 1.54) is 6.07 Å². The lowest BCUT2D eigenvalue weighted by atomic mass is 10.0. The molecule has 2 aliphatic carbocycles. The molecule has 1 aromatic carbocycles. The number of anilines is 1. The molecule has 0 spiro atoms. The molecule has 158 valence electrons. The van der Waals surface area contributed by atoms with Crippen LogP contribution in [0.25, 0.3) is 11.0 Å². The maximum absolute atomic E-state index is 12.4. The molecule has 1 aromatic heterocycles. The van der Waals surface area contributed by atoms with E-state index in [4.69, 9.17) is 13.9 Å². The fourth-order valence-electron chi connectivity index (χ4n) is 4.37. The Bertz CT molecular complexity index is 1060. The molecule has 2 unspecified atom stereocenters. The van der Waals surface area contributed by atoms with Crippen molar-refractivity contribution < 1.29 is 23.5 Å². The number of carbonyl (C=O) groups excluding carboxylic acids is 2. The second-order valence-corrected chi connectivity index (χ2v) is 7.87. The third-order valence-electron chi connectivity index (χ3n) is 5.89. The molecule has 4 rings (SSSR count). The van der Waals surface area contributed by atoms with Gasteiger partial charge in [-0.1, -0.05) is 6.08 Å². The van der Waals surface area contributed by atoms with E-state index in [0.29, 0.717) is 36.1 Å². The lowest BCUT2D eigenvalue weighted by Gasteiger charge is -2.16. The molecule has 1 saturated carbocycles. The van der Waals surface area contributed by atoms with Gasteiger partial charge in [0.25, 0.3) is 0 Å². The standard InChI is InChI=1S/C23H25NO6/c1-3-28-22(26)21-17-6-4-5-15(8-10-18(17)21)29-23(27)24-14-7-9-16-13(2)11-20(25)30-19(16)12-14/h4-5,7,9,11-12,15,17-18,21H,3,6,8,10H2,1-2H3,(H,24,27)/b5-4-/t15?,17?,18-,21-/m1/s1. The lowest BCUT2D eigenvalue weighted by Crippen LogP contribution is -2.21. The number of carbonyl (C=O) groups is 2. The highest BCUT2D eigenvalue weighted by Gasteiger charge is 2.54. The van der Waals surface area contributed by atoms with Gasteiger partial charge in [0.15, 0.2) is 0 Å². The van der Waals surface area contributed by atoms with Crippen LogP contribution in [0.15, 0.2) is 45.6 Å². The molecule has 1 fully saturated rings. The van der Waals surface area contributed by atoms with E-state index in [2.05, 4.69) is 5.32 Å². The van der Waals surface area contributed by atoms with Gasteiger partial charge in [0.1, 0.15) is 11.7 Å². The Balaban J connectivity index is 1.36. The molecule has 0 radical (unpaired) electrons. The topological polar surface area (TPSA) is 94.8 Å². The first-order chi connectivity index (χ1) is 14.5. The number of rotatable bonds is 4. The van der Waals surface area contributed by atoms with E-state index in [-0.39, 0.29) is 18.0 Å². The van der Waals surface area contributed by atoms with Crippen molar-refractivity contribution in [2.24, 2.45) is 17.8 Å². The molecular formula is C23H25NO6. The molecule has 2 aliphatic rings. The Kier molecular flexibility index (Phi) is 5.61. The van der Waals surface area contributed by atoms with Crippen LogP contribution in [0.2, 0.25) is 0 Å². The molecule has 1 amide bonds. The van der Waals surface area contributed by atoms with Crippen LogP contribution in [0.5, 0.6) is 0 Å². The lowest BCUT2D eigenvalue weighted by molar-refractivity contribution is -0.145. The summed E-state index contributed by atoms with van der Waals surface area (Å²) in [7, 11) is 0. The number of ether oxygens (including phenoxy) is 2. The summed E-state index contributed by atoms with van der Waals surface area (Å²) in [6, 6.07) is 6.57. The summed E-state index contributed by atoms with van der Waals surface area (Å²) in [5.74, 6) is 0.495. The first kappa shape index (κ1) is 20.2. The SMILES string of the molecule is CCOC(=O)[C@@H]1C2C/C=C\C(OC(=O)Nc3ccc4c(C)cc(=O)oc4c3)CC[C@H]21. The molecule has 7 heteroatoms.